The van der Waals surface area contributed by atoms with Crippen molar-refractivity contribution in [2.75, 3.05) is 28.2 Å². The summed E-state index contributed by atoms with van der Waals surface area (Å²) >= 11 is 0. The summed E-state index contributed by atoms with van der Waals surface area (Å²) in [6, 6.07) is 0. The molecule has 2 aliphatic heterocycles. The van der Waals surface area contributed by atoms with Crippen molar-refractivity contribution in [1.82, 2.24) is 28.1 Å². The van der Waals surface area contributed by atoms with Gasteiger partial charge in [0.15, 0.2) is 0 Å². The maximum Gasteiger partial charge on any atom is 0.387 e. The van der Waals surface area contributed by atoms with Crippen LogP contribution in [0, 0.1) is 0 Å². The van der Waals surface area contributed by atoms with Gasteiger partial charge in [-0.2, -0.15) is 0 Å². The van der Waals surface area contributed by atoms with Gasteiger partial charge in [-0.25, -0.2) is 0 Å². The maximum absolute atomic E-state index is 2.86. The molecular formula is C22H50N6Si. The fourth-order valence-corrected chi connectivity index (χ4v) is 12.8. The van der Waals surface area contributed by atoms with Crippen LogP contribution in [0.2, 0.25) is 0 Å². The van der Waals surface area contributed by atoms with Crippen molar-refractivity contribution in [2.24, 2.45) is 0 Å². The van der Waals surface area contributed by atoms with Crippen LogP contribution in [-0.4, -0.2) is 99.7 Å². The van der Waals surface area contributed by atoms with E-state index in [0.717, 1.165) is 0 Å². The Balaban J connectivity index is 2.87. The van der Waals surface area contributed by atoms with Crippen LogP contribution in [-0.2, 0) is 0 Å². The summed E-state index contributed by atoms with van der Waals surface area (Å²) in [5.74, 6) is 0. The summed E-state index contributed by atoms with van der Waals surface area (Å²) in [5, 5.41) is 0. The molecule has 2 aliphatic rings. The van der Waals surface area contributed by atoms with Gasteiger partial charge >= 0.3 is 8.72 Å². The van der Waals surface area contributed by atoms with Crippen molar-refractivity contribution in [2.45, 2.75) is 118 Å². The minimum absolute atomic E-state index is 0.0627. The van der Waals surface area contributed by atoms with Crippen molar-refractivity contribution in [3.63, 3.8) is 0 Å². The van der Waals surface area contributed by atoms with Gasteiger partial charge in [0.05, 0.1) is 0 Å². The zero-order valence-corrected chi connectivity index (χ0v) is 23.3. The molecule has 0 aromatic rings. The zero-order chi connectivity index (χ0) is 23.1. The van der Waals surface area contributed by atoms with Gasteiger partial charge in [0, 0.05) is 22.2 Å². The van der Waals surface area contributed by atoms with Crippen LogP contribution >= 0.6 is 0 Å². The van der Waals surface area contributed by atoms with E-state index >= 15 is 0 Å². The first-order chi connectivity index (χ1) is 12.6. The Hall–Kier alpha value is -0.0231. The van der Waals surface area contributed by atoms with Crippen LogP contribution < -0.4 is 0 Å². The van der Waals surface area contributed by atoms with E-state index in [4.69, 9.17) is 0 Å². The van der Waals surface area contributed by atoms with E-state index in [1.54, 1.807) is 0 Å². The molecule has 0 unspecified atom stereocenters. The number of hydrogen-bond acceptors (Lipinski definition) is 6. The van der Waals surface area contributed by atoms with Crippen molar-refractivity contribution >= 4 is 8.72 Å². The first-order valence-electron chi connectivity index (χ1n) is 11.1. The second kappa shape index (κ2) is 6.99. The minimum Gasteiger partial charge on any atom is -0.282 e. The van der Waals surface area contributed by atoms with Gasteiger partial charge in [-0.1, -0.05) is 0 Å². The highest BCUT2D eigenvalue weighted by Crippen LogP contribution is 2.58. The predicted octanol–water partition coefficient (Wildman–Crippen LogP) is 3.54. The van der Waals surface area contributed by atoms with E-state index in [1.165, 1.54) is 0 Å². The summed E-state index contributed by atoms with van der Waals surface area (Å²) in [6.07, 6.45) is 0.582. The molecule has 0 aromatic carbocycles. The van der Waals surface area contributed by atoms with Gasteiger partial charge < -0.3 is 0 Å². The van der Waals surface area contributed by atoms with Gasteiger partial charge in [-0.3, -0.25) is 28.1 Å². The maximum atomic E-state index is 2.86. The molecule has 29 heavy (non-hydrogen) atoms. The number of nitrogens with zero attached hydrogens (tertiary/aromatic N) is 6. The van der Waals surface area contributed by atoms with E-state index in [-0.39, 0.29) is 22.2 Å². The van der Waals surface area contributed by atoms with E-state index in [1.807, 2.05) is 0 Å². The summed E-state index contributed by atoms with van der Waals surface area (Å²) in [7, 11) is 6.57. The lowest BCUT2D eigenvalue weighted by atomic mass is 10.1. The smallest absolute Gasteiger partial charge is 0.282 e. The van der Waals surface area contributed by atoms with Crippen LogP contribution in [0.3, 0.4) is 0 Å². The number of rotatable bonds is 2. The standard InChI is InChI=1S/C22H50N6Si/c1-19(2,3)25-17(23(13)14)26(20(4,5)6)29(25)27(21(7,8)9)18(24(15)16)28(29)22(10,11)12/h17-18H,1-16H3. The van der Waals surface area contributed by atoms with Crippen LogP contribution in [0.25, 0.3) is 0 Å². The second-order valence-electron chi connectivity index (χ2n) is 13.4. The van der Waals surface area contributed by atoms with Crippen molar-refractivity contribution in [1.29, 1.82) is 0 Å². The van der Waals surface area contributed by atoms with Crippen LogP contribution in [0.5, 0.6) is 0 Å². The molecule has 0 bridgehead atoms. The Morgan fingerprint density at radius 3 is 0.724 bits per heavy atom. The van der Waals surface area contributed by atoms with Crippen LogP contribution in [0.4, 0.5) is 0 Å². The largest absolute Gasteiger partial charge is 0.387 e. The molecule has 0 aliphatic carbocycles. The van der Waals surface area contributed by atoms with Crippen molar-refractivity contribution in [3.8, 4) is 0 Å². The molecule has 0 amide bonds. The Morgan fingerprint density at radius 2 is 0.621 bits per heavy atom. The molecule has 172 valence electrons. The normalized spacial score (nSPS) is 31.7. The third-order valence-electron chi connectivity index (χ3n) is 6.03. The summed E-state index contributed by atoms with van der Waals surface area (Å²) in [6.45, 7) is 28.7. The lowest BCUT2D eigenvalue weighted by Gasteiger charge is -2.86. The minimum atomic E-state index is -2.35. The average molecular weight is 427 g/mol. The lowest BCUT2D eigenvalue weighted by molar-refractivity contribution is -0.240. The van der Waals surface area contributed by atoms with Crippen molar-refractivity contribution in [3.05, 3.63) is 0 Å². The van der Waals surface area contributed by atoms with Gasteiger partial charge in [-0.15, -0.1) is 0 Å². The second-order valence-corrected chi connectivity index (χ2v) is 16.5. The molecule has 6 nitrogen and oxygen atoms in total. The Labute approximate surface area is 183 Å². The summed E-state index contributed by atoms with van der Waals surface area (Å²) in [5.41, 5.74) is 0.251. The topological polar surface area (TPSA) is 19.4 Å². The van der Waals surface area contributed by atoms with Gasteiger partial charge in [0.25, 0.3) is 0 Å². The third kappa shape index (κ3) is 3.64. The molecule has 0 saturated carbocycles. The fraction of sp³-hybridized carbons (Fsp3) is 1.00. The van der Waals surface area contributed by atoms with Crippen LogP contribution in [0.1, 0.15) is 83.1 Å². The predicted molar refractivity (Wildman–Crippen MR) is 127 cm³/mol. The van der Waals surface area contributed by atoms with E-state index in [9.17, 15) is 0 Å². The molecule has 1 spiro atoms. The first kappa shape index (κ1) is 25.2. The van der Waals surface area contributed by atoms with Crippen molar-refractivity contribution < 1.29 is 0 Å². The molecule has 2 fully saturated rings. The highest BCUT2D eigenvalue weighted by Gasteiger charge is 2.84. The van der Waals surface area contributed by atoms with E-state index < -0.39 is 8.72 Å². The summed E-state index contributed by atoms with van der Waals surface area (Å²) < 4.78 is 11.5. The number of hydrogen-bond donors (Lipinski definition) is 0. The van der Waals surface area contributed by atoms with E-state index in [2.05, 4.69) is 139 Å². The quantitative estimate of drug-likeness (QED) is 0.625. The average Bonchev–Trinajstić information content (AvgIpc) is 2.26. The Bertz CT molecular complexity index is 503. The summed E-state index contributed by atoms with van der Waals surface area (Å²) in [4.78, 5) is 4.80. The highest BCUT2D eigenvalue weighted by molar-refractivity contribution is 6.74. The molecule has 0 radical (unpaired) electrons. The van der Waals surface area contributed by atoms with Gasteiger partial charge in [0.1, 0.15) is 12.6 Å². The molecular weight excluding hydrogens is 376 g/mol. The Kier molecular flexibility index (Phi) is 6.08. The molecule has 0 N–H and O–H groups in total. The van der Waals surface area contributed by atoms with E-state index in [0.29, 0.717) is 12.6 Å². The zero-order valence-electron chi connectivity index (χ0n) is 22.3. The SMILES string of the molecule is CN(C)C1N(C(C)(C)C)[Si]2(N1C(C)(C)C)N(C(C)(C)C)C(N(C)C)N2C(C)(C)C. The Morgan fingerprint density at radius 1 is 0.448 bits per heavy atom. The molecule has 2 rings (SSSR count). The molecule has 2 saturated heterocycles. The molecule has 0 atom stereocenters. The highest BCUT2D eigenvalue weighted by atomic mass is 28.4. The van der Waals surface area contributed by atoms with Gasteiger partial charge in [0.2, 0.25) is 0 Å². The third-order valence-corrected chi connectivity index (χ3v) is 12.2. The van der Waals surface area contributed by atoms with Crippen LogP contribution in [0.15, 0.2) is 0 Å². The molecule has 7 heteroatoms. The van der Waals surface area contributed by atoms with Gasteiger partial charge in [-0.05, 0) is 111 Å². The first-order valence-corrected chi connectivity index (χ1v) is 12.9. The lowest BCUT2D eigenvalue weighted by Crippen LogP contribution is -3.11. The molecule has 2 heterocycles. The fourth-order valence-electron chi connectivity index (χ4n) is 5.54. The monoisotopic (exact) mass is 426 g/mol. The molecule has 0 aromatic heterocycles.